The summed E-state index contributed by atoms with van der Waals surface area (Å²) >= 11 is 0. The van der Waals surface area contributed by atoms with E-state index in [-0.39, 0.29) is 35.8 Å². The molecule has 0 spiro atoms. The highest BCUT2D eigenvalue weighted by atomic mass is 19.1. The summed E-state index contributed by atoms with van der Waals surface area (Å²) in [5.74, 6) is -1.14. The first kappa shape index (κ1) is 21.3. The van der Waals surface area contributed by atoms with Crippen LogP contribution >= 0.6 is 0 Å². The lowest BCUT2D eigenvalue weighted by atomic mass is 10.1. The molecule has 1 unspecified atom stereocenters. The molecule has 3 heterocycles. The Balaban J connectivity index is 1.23. The number of nitrogens with zero attached hydrogens (tertiary/aromatic N) is 5. The number of halogens is 1. The number of hydrogen-bond acceptors (Lipinski definition) is 5. The average molecular weight is 449 g/mol. The maximum absolute atomic E-state index is 14.0. The van der Waals surface area contributed by atoms with Crippen molar-refractivity contribution in [3.63, 3.8) is 0 Å². The summed E-state index contributed by atoms with van der Waals surface area (Å²) in [7, 11) is 0. The first-order chi connectivity index (χ1) is 16.0. The number of rotatable bonds is 3. The van der Waals surface area contributed by atoms with Gasteiger partial charge in [0.2, 0.25) is 0 Å². The molecule has 3 aromatic rings. The molecule has 1 fully saturated rings. The highest BCUT2D eigenvalue weighted by Crippen LogP contribution is 2.27. The van der Waals surface area contributed by atoms with Crippen LogP contribution in [0.3, 0.4) is 0 Å². The van der Waals surface area contributed by atoms with Crippen molar-refractivity contribution in [2.75, 3.05) is 26.2 Å². The summed E-state index contributed by atoms with van der Waals surface area (Å²) in [6.45, 7) is 4.12. The standard InChI is InChI=1S/C24H24FN5O3/c1-16-6-8-17(9-7-16)21-14-30-20(15-33-21)22(26-27-30)24(32)29-12-10-28(11-13-29)23(31)18-4-2-3-5-19(18)25/h2-9,21H,10-15H2,1H3. The molecule has 1 aromatic heterocycles. The third-order valence-electron chi connectivity index (χ3n) is 6.21. The third kappa shape index (κ3) is 4.11. The second kappa shape index (κ2) is 8.74. The summed E-state index contributed by atoms with van der Waals surface area (Å²) in [6.07, 6.45) is -0.143. The van der Waals surface area contributed by atoms with E-state index in [2.05, 4.69) is 10.3 Å². The number of aryl methyl sites for hydroxylation is 1. The molecule has 9 heteroatoms. The van der Waals surface area contributed by atoms with Crippen LogP contribution in [-0.2, 0) is 17.9 Å². The molecule has 0 N–H and O–H groups in total. The molecular weight excluding hydrogens is 425 g/mol. The van der Waals surface area contributed by atoms with Gasteiger partial charge in [0.1, 0.15) is 11.9 Å². The van der Waals surface area contributed by atoms with Crippen molar-refractivity contribution in [1.29, 1.82) is 0 Å². The van der Waals surface area contributed by atoms with Gasteiger partial charge in [-0.25, -0.2) is 9.07 Å². The van der Waals surface area contributed by atoms with Gasteiger partial charge in [-0.15, -0.1) is 5.10 Å². The number of benzene rings is 2. The van der Waals surface area contributed by atoms with Gasteiger partial charge >= 0.3 is 0 Å². The number of carbonyl (C=O) groups excluding carboxylic acids is 2. The number of carbonyl (C=O) groups is 2. The van der Waals surface area contributed by atoms with E-state index in [1.54, 1.807) is 26.6 Å². The van der Waals surface area contributed by atoms with E-state index in [1.807, 2.05) is 31.2 Å². The Morgan fingerprint density at radius 3 is 2.33 bits per heavy atom. The van der Waals surface area contributed by atoms with Gasteiger partial charge in [0.15, 0.2) is 5.69 Å². The molecule has 1 saturated heterocycles. The first-order valence-corrected chi connectivity index (χ1v) is 10.9. The fourth-order valence-electron chi connectivity index (χ4n) is 4.23. The lowest BCUT2D eigenvalue weighted by Crippen LogP contribution is -2.51. The largest absolute Gasteiger partial charge is 0.365 e. The van der Waals surface area contributed by atoms with Gasteiger partial charge in [-0.1, -0.05) is 47.2 Å². The minimum atomic E-state index is -0.541. The SMILES string of the molecule is Cc1ccc(C2Cn3nnc(C(=O)N4CCN(C(=O)c5ccccc5F)CC4)c3CO2)cc1. The van der Waals surface area contributed by atoms with Gasteiger partial charge in [-0.2, -0.15) is 0 Å². The smallest absolute Gasteiger partial charge is 0.276 e. The molecule has 1 atom stereocenters. The summed E-state index contributed by atoms with van der Waals surface area (Å²) < 4.78 is 21.7. The summed E-state index contributed by atoms with van der Waals surface area (Å²) in [5.41, 5.74) is 3.23. The van der Waals surface area contributed by atoms with Crippen LogP contribution in [-0.4, -0.2) is 62.8 Å². The Bertz CT molecular complexity index is 1190. The van der Waals surface area contributed by atoms with E-state index in [0.29, 0.717) is 38.4 Å². The molecule has 0 radical (unpaired) electrons. The van der Waals surface area contributed by atoms with Crippen LogP contribution < -0.4 is 0 Å². The zero-order valence-corrected chi connectivity index (χ0v) is 18.3. The van der Waals surface area contributed by atoms with Gasteiger partial charge in [0.25, 0.3) is 11.8 Å². The highest BCUT2D eigenvalue weighted by molar-refractivity contribution is 5.95. The predicted molar refractivity (Wildman–Crippen MR) is 117 cm³/mol. The maximum atomic E-state index is 14.0. The van der Waals surface area contributed by atoms with Crippen molar-refractivity contribution in [1.82, 2.24) is 24.8 Å². The number of hydrogen-bond donors (Lipinski definition) is 0. The third-order valence-corrected chi connectivity index (χ3v) is 6.21. The first-order valence-electron chi connectivity index (χ1n) is 10.9. The molecule has 33 heavy (non-hydrogen) atoms. The monoisotopic (exact) mass is 449 g/mol. The zero-order chi connectivity index (χ0) is 22.9. The number of fused-ring (bicyclic) bond motifs is 1. The number of ether oxygens (including phenoxy) is 1. The van der Waals surface area contributed by atoms with E-state index in [1.165, 1.54) is 17.7 Å². The fourth-order valence-corrected chi connectivity index (χ4v) is 4.23. The van der Waals surface area contributed by atoms with Crippen LogP contribution in [0.4, 0.5) is 4.39 Å². The van der Waals surface area contributed by atoms with Crippen LogP contribution in [0.1, 0.15) is 43.8 Å². The van der Waals surface area contributed by atoms with Crippen LogP contribution in [0.15, 0.2) is 48.5 Å². The fraction of sp³-hybridized carbons (Fsp3) is 0.333. The van der Waals surface area contributed by atoms with E-state index in [4.69, 9.17) is 4.74 Å². The molecule has 8 nitrogen and oxygen atoms in total. The molecule has 2 aliphatic rings. The van der Waals surface area contributed by atoms with Crippen LogP contribution in [0.5, 0.6) is 0 Å². The molecule has 170 valence electrons. The van der Waals surface area contributed by atoms with Crippen molar-refractivity contribution in [2.45, 2.75) is 26.2 Å². The van der Waals surface area contributed by atoms with Crippen molar-refractivity contribution in [3.8, 4) is 0 Å². The minimum Gasteiger partial charge on any atom is -0.365 e. The van der Waals surface area contributed by atoms with E-state index in [9.17, 15) is 14.0 Å². The van der Waals surface area contributed by atoms with Crippen molar-refractivity contribution in [3.05, 3.63) is 82.4 Å². The summed E-state index contributed by atoms with van der Waals surface area (Å²) in [6, 6.07) is 14.1. The Kier molecular flexibility index (Phi) is 5.63. The topological polar surface area (TPSA) is 80.6 Å². The second-order valence-electron chi connectivity index (χ2n) is 8.34. The molecular formula is C24H24FN5O3. The normalized spacial score (nSPS) is 18.2. The van der Waals surface area contributed by atoms with Gasteiger partial charge in [-0.05, 0) is 24.6 Å². The van der Waals surface area contributed by atoms with Gasteiger partial charge in [0.05, 0.1) is 24.4 Å². The predicted octanol–water partition coefficient (Wildman–Crippen LogP) is 2.60. The van der Waals surface area contributed by atoms with Crippen molar-refractivity contribution in [2.24, 2.45) is 0 Å². The van der Waals surface area contributed by atoms with Crippen LogP contribution in [0.25, 0.3) is 0 Å². The Morgan fingerprint density at radius 2 is 1.64 bits per heavy atom. The Morgan fingerprint density at radius 1 is 0.970 bits per heavy atom. The Hall–Kier alpha value is -3.59. The van der Waals surface area contributed by atoms with Crippen molar-refractivity contribution >= 4 is 11.8 Å². The van der Waals surface area contributed by atoms with Gasteiger partial charge in [0, 0.05) is 26.2 Å². The molecule has 0 bridgehead atoms. The average Bonchev–Trinajstić information content (AvgIpc) is 3.27. The zero-order valence-electron chi connectivity index (χ0n) is 18.3. The van der Waals surface area contributed by atoms with Crippen LogP contribution in [0.2, 0.25) is 0 Å². The number of aromatic nitrogens is 3. The van der Waals surface area contributed by atoms with Gasteiger partial charge < -0.3 is 14.5 Å². The molecule has 5 rings (SSSR count). The maximum Gasteiger partial charge on any atom is 0.276 e. The Labute approximate surface area is 190 Å². The molecule has 2 aromatic carbocycles. The number of amides is 2. The second-order valence-corrected chi connectivity index (χ2v) is 8.34. The summed E-state index contributed by atoms with van der Waals surface area (Å²) in [5, 5.41) is 8.33. The highest BCUT2D eigenvalue weighted by Gasteiger charge is 2.32. The lowest BCUT2D eigenvalue weighted by molar-refractivity contribution is -0.00203. The minimum absolute atomic E-state index is 0.0462. The summed E-state index contributed by atoms with van der Waals surface area (Å²) in [4.78, 5) is 29.0. The van der Waals surface area contributed by atoms with Crippen molar-refractivity contribution < 1.29 is 18.7 Å². The molecule has 2 amide bonds. The van der Waals surface area contributed by atoms with E-state index < -0.39 is 5.82 Å². The number of piperazine rings is 1. The van der Waals surface area contributed by atoms with Crippen LogP contribution in [0, 0.1) is 12.7 Å². The lowest BCUT2D eigenvalue weighted by Gasteiger charge is -2.34. The van der Waals surface area contributed by atoms with Gasteiger partial charge in [-0.3, -0.25) is 9.59 Å². The van der Waals surface area contributed by atoms with E-state index in [0.717, 1.165) is 5.56 Å². The molecule has 0 aliphatic carbocycles. The van der Waals surface area contributed by atoms with E-state index >= 15 is 0 Å². The molecule has 0 saturated carbocycles. The quantitative estimate of drug-likeness (QED) is 0.614. The molecule has 2 aliphatic heterocycles.